The number of carbonyl (C=O) groups excluding carboxylic acids is 1. The summed E-state index contributed by atoms with van der Waals surface area (Å²) in [6.07, 6.45) is 4.05. The van der Waals surface area contributed by atoms with Crippen LogP contribution in [0.3, 0.4) is 0 Å². The van der Waals surface area contributed by atoms with Gasteiger partial charge in [0.2, 0.25) is 0 Å². The van der Waals surface area contributed by atoms with Gasteiger partial charge in [-0.15, -0.1) is 0 Å². The first-order chi connectivity index (χ1) is 12.0. The highest BCUT2D eigenvalue weighted by atomic mass is 16.2. The quantitative estimate of drug-likeness (QED) is 0.899. The third kappa shape index (κ3) is 4.32. The molecule has 2 heterocycles. The van der Waals surface area contributed by atoms with Crippen molar-refractivity contribution in [1.29, 1.82) is 0 Å². The molecule has 25 heavy (non-hydrogen) atoms. The highest BCUT2D eigenvalue weighted by Gasteiger charge is 2.22. The molecule has 3 rings (SSSR count). The molecular formula is C19H27N5O. The van der Waals surface area contributed by atoms with Crippen molar-refractivity contribution in [1.82, 2.24) is 20.4 Å². The van der Waals surface area contributed by atoms with Crippen LogP contribution < -0.4 is 15.5 Å². The molecule has 2 atom stereocenters. The number of aryl methyl sites for hydroxylation is 2. The fourth-order valence-corrected chi connectivity index (χ4v) is 3.51. The van der Waals surface area contributed by atoms with Crippen LogP contribution in [0.2, 0.25) is 0 Å². The highest BCUT2D eigenvalue weighted by molar-refractivity contribution is 5.75. The number of nitrogens with zero attached hydrogens (tertiary/aromatic N) is 3. The molecular weight excluding hydrogens is 314 g/mol. The van der Waals surface area contributed by atoms with Crippen molar-refractivity contribution >= 4 is 11.7 Å². The highest BCUT2D eigenvalue weighted by Crippen LogP contribution is 2.20. The third-order valence-electron chi connectivity index (χ3n) is 4.74. The summed E-state index contributed by atoms with van der Waals surface area (Å²) in [6, 6.07) is 10.4. The van der Waals surface area contributed by atoms with Crippen LogP contribution in [-0.2, 0) is 7.05 Å². The van der Waals surface area contributed by atoms with Crippen molar-refractivity contribution in [2.45, 2.75) is 38.8 Å². The molecule has 1 aliphatic heterocycles. The number of benzene rings is 1. The smallest absolute Gasteiger partial charge is 0.315 e. The molecule has 0 radical (unpaired) electrons. The van der Waals surface area contributed by atoms with Crippen LogP contribution in [0, 0.1) is 6.92 Å². The molecule has 6 heteroatoms. The number of rotatable bonds is 4. The zero-order valence-corrected chi connectivity index (χ0v) is 15.2. The minimum absolute atomic E-state index is 0.0671. The van der Waals surface area contributed by atoms with E-state index in [2.05, 4.69) is 44.9 Å². The lowest BCUT2D eigenvalue weighted by molar-refractivity contribution is 0.232. The molecule has 2 amide bonds. The average molecular weight is 341 g/mol. The Hall–Kier alpha value is -2.50. The number of para-hydroxylation sites is 1. The zero-order chi connectivity index (χ0) is 17.8. The molecule has 1 aromatic heterocycles. The van der Waals surface area contributed by atoms with E-state index in [-0.39, 0.29) is 18.1 Å². The van der Waals surface area contributed by atoms with E-state index in [9.17, 15) is 4.79 Å². The van der Waals surface area contributed by atoms with Crippen LogP contribution in [0.1, 0.15) is 37.1 Å². The summed E-state index contributed by atoms with van der Waals surface area (Å²) in [5, 5.41) is 10.5. The van der Waals surface area contributed by atoms with Gasteiger partial charge in [0.15, 0.2) is 0 Å². The molecule has 1 fully saturated rings. The molecule has 2 unspecified atom stereocenters. The first-order valence-corrected chi connectivity index (χ1v) is 8.90. The average Bonchev–Trinajstić information content (AvgIpc) is 2.94. The van der Waals surface area contributed by atoms with Gasteiger partial charge >= 0.3 is 6.03 Å². The largest absolute Gasteiger partial charge is 0.369 e. The van der Waals surface area contributed by atoms with Crippen molar-refractivity contribution in [2.24, 2.45) is 7.05 Å². The van der Waals surface area contributed by atoms with Gasteiger partial charge in [0.1, 0.15) is 0 Å². The van der Waals surface area contributed by atoms with Gasteiger partial charge in [0, 0.05) is 43.6 Å². The predicted molar refractivity (Wildman–Crippen MR) is 99.7 cm³/mol. The lowest BCUT2D eigenvalue weighted by atomic mass is 10.0. The van der Waals surface area contributed by atoms with Gasteiger partial charge in [-0.05, 0) is 38.8 Å². The molecule has 1 aliphatic rings. The van der Waals surface area contributed by atoms with E-state index in [1.165, 1.54) is 5.69 Å². The first kappa shape index (κ1) is 17.3. The fraction of sp³-hybridized carbons (Fsp3) is 0.474. The Bertz CT molecular complexity index is 712. The second-order valence-electron chi connectivity index (χ2n) is 6.80. The Morgan fingerprint density at radius 2 is 2.08 bits per heavy atom. The molecule has 1 aromatic carbocycles. The normalized spacial score (nSPS) is 18.7. The van der Waals surface area contributed by atoms with Crippen molar-refractivity contribution in [2.75, 3.05) is 18.0 Å². The summed E-state index contributed by atoms with van der Waals surface area (Å²) < 4.78 is 1.78. The van der Waals surface area contributed by atoms with Crippen LogP contribution in [0.4, 0.5) is 10.5 Å². The van der Waals surface area contributed by atoms with Gasteiger partial charge in [-0.1, -0.05) is 18.2 Å². The Balaban J connectivity index is 1.54. The Morgan fingerprint density at radius 3 is 2.76 bits per heavy atom. The van der Waals surface area contributed by atoms with Gasteiger partial charge < -0.3 is 15.5 Å². The number of piperidine rings is 1. The standard InChI is InChI=1S/C19H27N5O/c1-14(18-13-23(3)22-15(18)2)20-19(25)21-16-8-7-11-24(12-16)17-9-5-4-6-10-17/h4-6,9-10,13-14,16H,7-8,11-12H2,1-3H3,(H2,20,21,25). The second kappa shape index (κ2) is 7.59. The minimum atomic E-state index is -0.115. The van der Waals surface area contributed by atoms with E-state index in [0.29, 0.717) is 0 Å². The molecule has 2 aromatic rings. The van der Waals surface area contributed by atoms with Crippen molar-refractivity contribution in [3.8, 4) is 0 Å². The summed E-state index contributed by atoms with van der Waals surface area (Å²) in [7, 11) is 1.89. The molecule has 0 bridgehead atoms. The van der Waals surface area contributed by atoms with E-state index in [0.717, 1.165) is 37.2 Å². The number of aromatic nitrogens is 2. The summed E-state index contributed by atoms with van der Waals surface area (Å²) >= 11 is 0. The Kier molecular flexibility index (Phi) is 5.26. The molecule has 134 valence electrons. The number of nitrogens with one attached hydrogen (secondary N) is 2. The van der Waals surface area contributed by atoms with Crippen LogP contribution in [0.15, 0.2) is 36.5 Å². The lowest BCUT2D eigenvalue weighted by Crippen LogP contribution is -2.51. The number of anilines is 1. The molecule has 0 saturated carbocycles. The third-order valence-corrected chi connectivity index (χ3v) is 4.74. The Labute approximate surface area is 149 Å². The summed E-state index contributed by atoms with van der Waals surface area (Å²) in [5.41, 5.74) is 3.21. The van der Waals surface area contributed by atoms with Crippen molar-refractivity contribution in [3.05, 3.63) is 47.8 Å². The van der Waals surface area contributed by atoms with E-state index in [1.54, 1.807) is 4.68 Å². The van der Waals surface area contributed by atoms with E-state index in [4.69, 9.17) is 0 Å². The molecule has 0 aliphatic carbocycles. The summed E-state index contributed by atoms with van der Waals surface area (Å²) in [4.78, 5) is 14.7. The maximum atomic E-state index is 12.4. The summed E-state index contributed by atoms with van der Waals surface area (Å²) in [5.74, 6) is 0. The monoisotopic (exact) mass is 341 g/mol. The van der Waals surface area contributed by atoms with Crippen molar-refractivity contribution < 1.29 is 4.79 Å². The molecule has 1 saturated heterocycles. The van der Waals surface area contributed by atoms with E-state index < -0.39 is 0 Å². The number of hydrogen-bond acceptors (Lipinski definition) is 3. The van der Waals surface area contributed by atoms with E-state index in [1.807, 2.05) is 33.2 Å². The van der Waals surface area contributed by atoms with E-state index >= 15 is 0 Å². The number of hydrogen-bond donors (Lipinski definition) is 2. The Morgan fingerprint density at radius 1 is 1.32 bits per heavy atom. The first-order valence-electron chi connectivity index (χ1n) is 8.90. The van der Waals surface area contributed by atoms with Crippen LogP contribution in [0.5, 0.6) is 0 Å². The topological polar surface area (TPSA) is 62.2 Å². The zero-order valence-electron chi connectivity index (χ0n) is 15.2. The SMILES string of the molecule is Cc1nn(C)cc1C(C)NC(=O)NC1CCCN(c2ccccc2)C1. The maximum absolute atomic E-state index is 12.4. The van der Waals surface area contributed by atoms with Crippen LogP contribution >= 0.6 is 0 Å². The summed E-state index contributed by atoms with van der Waals surface area (Å²) in [6.45, 7) is 5.83. The number of amides is 2. The van der Waals surface area contributed by atoms with Gasteiger partial charge in [0.05, 0.1) is 11.7 Å². The van der Waals surface area contributed by atoms with Gasteiger partial charge in [-0.2, -0.15) is 5.10 Å². The second-order valence-corrected chi connectivity index (χ2v) is 6.80. The number of carbonyl (C=O) groups is 1. The van der Waals surface area contributed by atoms with Crippen LogP contribution in [0.25, 0.3) is 0 Å². The maximum Gasteiger partial charge on any atom is 0.315 e. The molecule has 0 spiro atoms. The van der Waals surface area contributed by atoms with Crippen molar-refractivity contribution in [3.63, 3.8) is 0 Å². The predicted octanol–water partition coefficient (Wildman–Crippen LogP) is 2.76. The van der Waals surface area contributed by atoms with Gasteiger partial charge in [-0.3, -0.25) is 4.68 Å². The minimum Gasteiger partial charge on any atom is -0.369 e. The molecule has 6 nitrogen and oxygen atoms in total. The van der Waals surface area contributed by atoms with Crippen LogP contribution in [-0.4, -0.2) is 34.9 Å². The number of urea groups is 1. The fourth-order valence-electron chi connectivity index (χ4n) is 3.51. The van der Waals surface area contributed by atoms with Gasteiger partial charge in [-0.25, -0.2) is 4.79 Å². The lowest BCUT2D eigenvalue weighted by Gasteiger charge is -2.35. The molecule has 2 N–H and O–H groups in total. The van der Waals surface area contributed by atoms with Gasteiger partial charge in [0.25, 0.3) is 0 Å².